The first-order valence-corrected chi connectivity index (χ1v) is 9.22. The minimum atomic E-state index is -0.149. The van der Waals surface area contributed by atoms with Crippen molar-refractivity contribution in [1.29, 1.82) is 0 Å². The van der Waals surface area contributed by atoms with Gasteiger partial charge in [0.2, 0.25) is 10.3 Å². The van der Waals surface area contributed by atoms with Crippen LogP contribution in [0.25, 0.3) is 0 Å². The van der Waals surface area contributed by atoms with Crippen molar-refractivity contribution in [1.82, 2.24) is 14.3 Å². The molecule has 0 spiro atoms. The van der Waals surface area contributed by atoms with Crippen LogP contribution in [0, 0.1) is 0 Å². The molecular formula is C12H14N4O2S3. The zero-order valence-electron chi connectivity index (χ0n) is 11.3. The first-order valence-electron chi connectivity index (χ1n) is 6.35. The molecule has 1 fully saturated rings. The van der Waals surface area contributed by atoms with Gasteiger partial charge in [-0.15, -0.1) is 11.3 Å². The van der Waals surface area contributed by atoms with Crippen LogP contribution in [0.2, 0.25) is 0 Å². The maximum Gasteiger partial charge on any atom is 0.323 e. The summed E-state index contributed by atoms with van der Waals surface area (Å²) >= 11 is 4.30. The third-order valence-electron chi connectivity index (χ3n) is 3.02. The summed E-state index contributed by atoms with van der Waals surface area (Å²) in [7, 11) is 0. The van der Waals surface area contributed by atoms with Gasteiger partial charge in [-0.3, -0.25) is 5.32 Å². The molecule has 1 N–H and O–H groups in total. The van der Waals surface area contributed by atoms with Crippen LogP contribution in [0.3, 0.4) is 0 Å². The summed E-state index contributed by atoms with van der Waals surface area (Å²) in [5.41, 5.74) is 0. The number of hydrogen-bond donors (Lipinski definition) is 1. The van der Waals surface area contributed by atoms with Gasteiger partial charge in [0.15, 0.2) is 0 Å². The molecule has 3 rings (SSSR count). The minimum Gasteiger partial charge on any atom is -0.369 e. The Morgan fingerprint density at radius 2 is 2.52 bits per heavy atom. The fourth-order valence-corrected chi connectivity index (χ4v) is 3.88. The van der Waals surface area contributed by atoms with Gasteiger partial charge in [-0.1, -0.05) is 17.8 Å². The lowest BCUT2D eigenvalue weighted by Gasteiger charge is -2.32. The van der Waals surface area contributed by atoms with Crippen LogP contribution in [0.4, 0.5) is 9.93 Å². The SMILES string of the molecule is CSc1nsc(NC(=O)N2CCO[C@H](c3cccs3)C2)n1. The van der Waals surface area contributed by atoms with E-state index >= 15 is 0 Å². The number of hydrogen-bond acceptors (Lipinski definition) is 7. The Morgan fingerprint density at radius 1 is 1.62 bits per heavy atom. The summed E-state index contributed by atoms with van der Waals surface area (Å²) in [6.07, 6.45) is 1.86. The second kappa shape index (κ2) is 6.73. The molecule has 21 heavy (non-hydrogen) atoms. The molecular weight excluding hydrogens is 328 g/mol. The Morgan fingerprint density at radius 3 is 3.24 bits per heavy atom. The number of urea groups is 1. The van der Waals surface area contributed by atoms with E-state index in [1.54, 1.807) is 16.2 Å². The van der Waals surface area contributed by atoms with E-state index in [0.29, 0.717) is 30.0 Å². The lowest BCUT2D eigenvalue weighted by molar-refractivity contribution is -0.0115. The van der Waals surface area contributed by atoms with E-state index in [0.717, 1.165) is 4.88 Å². The summed E-state index contributed by atoms with van der Waals surface area (Å²) in [5.74, 6) is 0. The monoisotopic (exact) mass is 342 g/mol. The maximum absolute atomic E-state index is 12.3. The number of nitrogens with zero attached hydrogens (tertiary/aromatic N) is 3. The van der Waals surface area contributed by atoms with Gasteiger partial charge in [0.1, 0.15) is 6.10 Å². The van der Waals surface area contributed by atoms with Crippen molar-refractivity contribution in [3.8, 4) is 0 Å². The van der Waals surface area contributed by atoms with Gasteiger partial charge in [0.05, 0.1) is 13.2 Å². The molecule has 3 heterocycles. The summed E-state index contributed by atoms with van der Waals surface area (Å²) < 4.78 is 9.86. The Hall–Kier alpha value is -1.16. The van der Waals surface area contributed by atoms with Gasteiger partial charge in [0.25, 0.3) is 0 Å². The number of thioether (sulfide) groups is 1. The van der Waals surface area contributed by atoms with Crippen LogP contribution in [0.5, 0.6) is 0 Å². The average Bonchev–Trinajstić information content (AvgIpc) is 3.18. The van der Waals surface area contributed by atoms with Crippen LogP contribution in [-0.2, 0) is 4.74 Å². The third-order valence-corrected chi connectivity index (χ3v) is 5.28. The molecule has 2 aromatic heterocycles. The lowest BCUT2D eigenvalue weighted by atomic mass is 10.2. The van der Waals surface area contributed by atoms with Gasteiger partial charge in [-0.2, -0.15) is 9.36 Å². The molecule has 112 valence electrons. The molecule has 1 atom stereocenters. The summed E-state index contributed by atoms with van der Waals surface area (Å²) in [6, 6.07) is 3.88. The summed E-state index contributed by atoms with van der Waals surface area (Å²) in [5, 5.41) is 6.02. The first kappa shape index (κ1) is 14.8. The number of rotatable bonds is 3. The molecule has 0 aromatic carbocycles. The van der Waals surface area contributed by atoms with Crippen molar-refractivity contribution in [3.63, 3.8) is 0 Å². The van der Waals surface area contributed by atoms with Gasteiger partial charge in [-0.25, -0.2) is 4.79 Å². The number of thiophene rings is 1. The number of nitrogens with one attached hydrogen (secondary N) is 1. The second-order valence-electron chi connectivity index (χ2n) is 4.34. The standard InChI is InChI=1S/C12H14N4O2S3/c1-19-11-13-10(21-15-11)14-12(17)16-4-5-18-8(7-16)9-3-2-6-20-9/h2-3,6,8H,4-5,7H2,1H3,(H,13,14,15,17)/t8-/m0/s1. The second-order valence-corrected chi connectivity index (χ2v) is 6.84. The van der Waals surface area contributed by atoms with Gasteiger partial charge < -0.3 is 9.64 Å². The minimum absolute atomic E-state index is 0.0410. The topological polar surface area (TPSA) is 67.4 Å². The highest BCUT2D eigenvalue weighted by molar-refractivity contribution is 7.98. The van der Waals surface area contributed by atoms with Crippen molar-refractivity contribution in [2.75, 3.05) is 31.3 Å². The number of carbonyl (C=O) groups is 1. The van der Waals surface area contributed by atoms with E-state index in [9.17, 15) is 4.79 Å². The molecule has 2 amide bonds. The van der Waals surface area contributed by atoms with Crippen LogP contribution >= 0.6 is 34.6 Å². The largest absolute Gasteiger partial charge is 0.369 e. The number of morpholine rings is 1. The highest BCUT2D eigenvalue weighted by Gasteiger charge is 2.26. The molecule has 0 aliphatic carbocycles. The molecule has 1 aliphatic rings. The van der Waals surface area contributed by atoms with Crippen LogP contribution in [0.15, 0.2) is 22.7 Å². The van der Waals surface area contributed by atoms with Crippen LogP contribution in [-0.4, -0.2) is 46.2 Å². The first-order chi connectivity index (χ1) is 10.3. The zero-order valence-corrected chi connectivity index (χ0v) is 13.8. The van der Waals surface area contributed by atoms with Crippen molar-refractivity contribution >= 4 is 45.8 Å². The molecule has 1 aliphatic heterocycles. The summed E-state index contributed by atoms with van der Waals surface area (Å²) in [4.78, 5) is 19.4. The van der Waals surface area contributed by atoms with Crippen molar-refractivity contribution in [2.45, 2.75) is 11.3 Å². The summed E-state index contributed by atoms with van der Waals surface area (Å²) in [6.45, 7) is 1.69. The zero-order chi connectivity index (χ0) is 14.7. The van der Waals surface area contributed by atoms with Crippen molar-refractivity contribution in [3.05, 3.63) is 22.4 Å². The van der Waals surface area contributed by atoms with Gasteiger partial charge >= 0.3 is 6.03 Å². The molecule has 9 heteroatoms. The molecule has 6 nitrogen and oxygen atoms in total. The lowest BCUT2D eigenvalue weighted by Crippen LogP contribution is -2.44. The highest BCUT2D eigenvalue weighted by Crippen LogP contribution is 2.26. The van der Waals surface area contributed by atoms with Crippen molar-refractivity contribution in [2.24, 2.45) is 0 Å². The Kier molecular flexibility index (Phi) is 4.73. The number of anilines is 1. The number of aromatic nitrogens is 2. The van der Waals surface area contributed by atoms with Gasteiger partial charge in [0, 0.05) is 23.0 Å². The predicted octanol–water partition coefficient (Wildman–Crippen LogP) is 2.93. The van der Waals surface area contributed by atoms with E-state index in [2.05, 4.69) is 14.7 Å². The molecule has 0 bridgehead atoms. The number of ether oxygens (including phenoxy) is 1. The van der Waals surface area contributed by atoms with E-state index in [4.69, 9.17) is 4.74 Å². The molecule has 1 saturated heterocycles. The Balaban J connectivity index is 1.61. The highest BCUT2D eigenvalue weighted by atomic mass is 32.2. The Labute approximate surface area is 134 Å². The molecule has 2 aromatic rings. The number of amides is 2. The van der Waals surface area contributed by atoms with E-state index in [1.807, 2.05) is 23.8 Å². The van der Waals surface area contributed by atoms with E-state index in [-0.39, 0.29) is 12.1 Å². The number of carbonyl (C=O) groups excluding carboxylic acids is 1. The average molecular weight is 342 g/mol. The fourth-order valence-electron chi connectivity index (χ4n) is 1.99. The third kappa shape index (κ3) is 3.54. The van der Waals surface area contributed by atoms with E-state index in [1.165, 1.54) is 23.3 Å². The molecule has 0 radical (unpaired) electrons. The molecule has 0 unspecified atom stereocenters. The molecule has 0 saturated carbocycles. The van der Waals surface area contributed by atoms with Gasteiger partial charge in [-0.05, 0) is 17.7 Å². The smallest absolute Gasteiger partial charge is 0.323 e. The quantitative estimate of drug-likeness (QED) is 0.869. The van der Waals surface area contributed by atoms with E-state index < -0.39 is 0 Å². The van der Waals surface area contributed by atoms with Crippen molar-refractivity contribution < 1.29 is 9.53 Å². The maximum atomic E-state index is 12.3. The Bertz CT molecular complexity index is 601. The van der Waals surface area contributed by atoms with Crippen LogP contribution < -0.4 is 5.32 Å². The predicted molar refractivity (Wildman–Crippen MR) is 85.3 cm³/mol. The normalized spacial score (nSPS) is 18.7. The fraction of sp³-hybridized carbons (Fsp3) is 0.417. The van der Waals surface area contributed by atoms with Crippen LogP contribution in [0.1, 0.15) is 11.0 Å².